The van der Waals surface area contributed by atoms with E-state index in [4.69, 9.17) is 10.2 Å². The third-order valence-corrected chi connectivity index (χ3v) is 7.20. The smallest absolute Gasteiger partial charge is 0.303 e. The summed E-state index contributed by atoms with van der Waals surface area (Å²) in [5, 5.41) is 29.1. The molecule has 0 rings (SSSR count). The third kappa shape index (κ3) is 24.2. The molecular weight excluding hydrogens is 470 g/mol. The predicted octanol–water partition coefficient (Wildman–Crippen LogP) is 6.10. The van der Waals surface area contributed by atoms with Gasteiger partial charge in [-0.05, 0) is 44.9 Å². The van der Waals surface area contributed by atoms with Crippen molar-refractivity contribution >= 4 is 17.9 Å². The first kappa shape index (κ1) is 35.1. The molecule has 0 bridgehead atoms. The van der Waals surface area contributed by atoms with Crippen molar-refractivity contribution in [2.45, 2.75) is 135 Å². The summed E-state index contributed by atoms with van der Waals surface area (Å²) in [5.74, 6) is -2.75. The van der Waals surface area contributed by atoms with Crippen LogP contribution in [0, 0.1) is 0 Å². The van der Waals surface area contributed by atoms with Crippen LogP contribution in [0.2, 0.25) is 0 Å². The fourth-order valence-corrected chi connectivity index (χ4v) is 5.06. The lowest BCUT2D eigenvalue weighted by Gasteiger charge is -2.39. The number of quaternary nitrogens is 1. The Labute approximate surface area is 225 Å². The lowest BCUT2D eigenvalue weighted by Crippen LogP contribution is -2.51. The maximum Gasteiger partial charge on any atom is 0.303 e. The van der Waals surface area contributed by atoms with E-state index in [0.29, 0.717) is 43.4 Å². The molecule has 0 unspecified atom stereocenters. The van der Waals surface area contributed by atoms with Gasteiger partial charge in [0, 0.05) is 25.2 Å². The Morgan fingerprint density at radius 1 is 0.568 bits per heavy atom. The third-order valence-electron chi connectivity index (χ3n) is 7.20. The summed E-state index contributed by atoms with van der Waals surface area (Å²) in [6.07, 6.45) is 23.6. The molecule has 0 aromatic heterocycles. The zero-order valence-corrected chi connectivity index (χ0v) is 23.6. The van der Waals surface area contributed by atoms with Gasteiger partial charge in [0.15, 0.2) is 0 Å². The molecule has 7 nitrogen and oxygen atoms in total. The molecule has 0 aromatic rings. The van der Waals surface area contributed by atoms with E-state index in [1.165, 1.54) is 77.0 Å². The SMILES string of the molecule is CCCCC/C=C/CCCCCCCCCCC[N+](CCCC(=O)[O-])(CCCC(=O)O)CCCC(=O)O. The van der Waals surface area contributed by atoms with Crippen LogP contribution in [0.5, 0.6) is 0 Å². The first-order chi connectivity index (χ1) is 17.8. The van der Waals surface area contributed by atoms with E-state index in [1.807, 2.05) is 0 Å². The fourth-order valence-electron chi connectivity index (χ4n) is 5.06. The van der Waals surface area contributed by atoms with Gasteiger partial charge in [-0.15, -0.1) is 0 Å². The molecule has 216 valence electrons. The van der Waals surface area contributed by atoms with E-state index in [0.717, 1.165) is 19.4 Å². The van der Waals surface area contributed by atoms with Gasteiger partial charge in [-0.1, -0.05) is 70.4 Å². The highest BCUT2D eigenvalue weighted by molar-refractivity contribution is 5.66. The van der Waals surface area contributed by atoms with Crippen LogP contribution in [0.3, 0.4) is 0 Å². The summed E-state index contributed by atoms with van der Waals surface area (Å²) < 4.78 is 0.612. The Hall–Kier alpha value is -1.89. The number of unbranched alkanes of at least 4 members (excludes halogenated alkanes) is 12. The van der Waals surface area contributed by atoms with Gasteiger partial charge in [0.1, 0.15) is 0 Å². The second-order valence-corrected chi connectivity index (χ2v) is 10.6. The zero-order valence-electron chi connectivity index (χ0n) is 23.6. The summed E-state index contributed by atoms with van der Waals surface area (Å²) >= 11 is 0. The highest BCUT2D eigenvalue weighted by Crippen LogP contribution is 2.18. The Balaban J connectivity index is 4.28. The predicted molar refractivity (Wildman–Crippen MR) is 147 cm³/mol. The molecule has 2 N–H and O–H groups in total. The molecule has 0 aliphatic heterocycles. The molecule has 0 aliphatic carbocycles. The molecule has 0 saturated carbocycles. The number of carboxylic acid groups (broad SMARTS) is 3. The van der Waals surface area contributed by atoms with Crippen molar-refractivity contribution in [3.8, 4) is 0 Å². The molecule has 0 atom stereocenters. The average molecular weight is 526 g/mol. The minimum Gasteiger partial charge on any atom is -0.550 e. The van der Waals surface area contributed by atoms with Gasteiger partial charge >= 0.3 is 11.9 Å². The van der Waals surface area contributed by atoms with Crippen LogP contribution in [0.25, 0.3) is 0 Å². The van der Waals surface area contributed by atoms with Crippen molar-refractivity contribution in [1.82, 2.24) is 0 Å². The summed E-state index contributed by atoms with van der Waals surface area (Å²) in [6.45, 7) is 5.00. The fraction of sp³-hybridized carbons (Fsp3) is 0.833. The van der Waals surface area contributed by atoms with E-state index in [-0.39, 0.29) is 19.3 Å². The average Bonchev–Trinajstić information content (AvgIpc) is 2.83. The van der Waals surface area contributed by atoms with Gasteiger partial charge in [-0.2, -0.15) is 0 Å². The number of nitrogens with zero attached hydrogens (tertiary/aromatic N) is 1. The van der Waals surface area contributed by atoms with Crippen LogP contribution in [0.4, 0.5) is 0 Å². The molecule has 0 aromatic carbocycles. The minimum atomic E-state index is -1.08. The number of carbonyl (C=O) groups excluding carboxylic acids is 1. The topological polar surface area (TPSA) is 115 Å². The molecule has 37 heavy (non-hydrogen) atoms. The minimum absolute atomic E-state index is 0.0207. The van der Waals surface area contributed by atoms with Crippen LogP contribution in [-0.2, 0) is 14.4 Å². The van der Waals surface area contributed by atoms with Gasteiger partial charge in [0.05, 0.1) is 39.0 Å². The molecule has 7 heteroatoms. The Kier molecular flexibility index (Phi) is 23.2. The maximum absolute atomic E-state index is 11.0. The van der Waals surface area contributed by atoms with Crippen molar-refractivity contribution in [1.29, 1.82) is 0 Å². The summed E-state index contributed by atoms with van der Waals surface area (Å²) in [5.41, 5.74) is 0. The highest BCUT2D eigenvalue weighted by Gasteiger charge is 2.26. The molecule has 0 fully saturated rings. The molecular formula is C30H55NO6. The largest absolute Gasteiger partial charge is 0.550 e. The summed E-state index contributed by atoms with van der Waals surface area (Å²) in [7, 11) is 0. The second kappa shape index (κ2) is 24.4. The first-order valence-corrected chi connectivity index (χ1v) is 14.9. The highest BCUT2D eigenvalue weighted by atomic mass is 16.4. The van der Waals surface area contributed by atoms with Crippen LogP contribution in [0.15, 0.2) is 12.2 Å². The standard InChI is InChI=1S/C30H55NO6/c1-2-3-4-5-6-7-8-9-10-11-12-13-14-15-16-17-24-31(25-18-21-28(32)33,26-19-22-29(34)35)27-20-23-30(36)37/h6-7H,2-5,8-27H2,1H3,(H2-,32,33,34,35,36,37)/b7-6+. The van der Waals surface area contributed by atoms with E-state index in [9.17, 15) is 19.5 Å². The van der Waals surface area contributed by atoms with Gasteiger partial charge < -0.3 is 24.6 Å². The lowest BCUT2D eigenvalue weighted by atomic mass is 10.0. The first-order valence-electron chi connectivity index (χ1n) is 14.9. The number of rotatable bonds is 28. The van der Waals surface area contributed by atoms with Crippen molar-refractivity contribution in [3.63, 3.8) is 0 Å². The van der Waals surface area contributed by atoms with Crippen LogP contribution < -0.4 is 5.11 Å². The van der Waals surface area contributed by atoms with Gasteiger partial charge in [0.25, 0.3) is 0 Å². The molecule has 0 aliphatic rings. The van der Waals surface area contributed by atoms with Crippen LogP contribution in [0.1, 0.15) is 135 Å². The quantitative estimate of drug-likeness (QED) is 0.0724. The Morgan fingerprint density at radius 2 is 0.946 bits per heavy atom. The van der Waals surface area contributed by atoms with Crippen molar-refractivity contribution in [2.24, 2.45) is 0 Å². The number of allylic oxidation sites excluding steroid dienone is 2. The molecule has 0 radical (unpaired) electrons. The summed E-state index contributed by atoms with van der Waals surface area (Å²) in [4.78, 5) is 33.0. The Bertz CT molecular complexity index is 569. The molecule has 0 heterocycles. The zero-order chi connectivity index (χ0) is 27.6. The molecule has 0 saturated heterocycles. The number of hydrogen-bond donors (Lipinski definition) is 2. The van der Waals surface area contributed by atoms with Crippen LogP contribution in [-0.4, -0.2) is 58.8 Å². The van der Waals surface area contributed by atoms with Crippen molar-refractivity contribution in [3.05, 3.63) is 12.2 Å². The number of hydrogen-bond acceptors (Lipinski definition) is 4. The van der Waals surface area contributed by atoms with E-state index >= 15 is 0 Å². The number of carbonyl (C=O) groups is 3. The van der Waals surface area contributed by atoms with Crippen molar-refractivity contribution in [2.75, 3.05) is 26.2 Å². The Morgan fingerprint density at radius 3 is 1.38 bits per heavy atom. The van der Waals surface area contributed by atoms with E-state index in [2.05, 4.69) is 19.1 Å². The van der Waals surface area contributed by atoms with Gasteiger partial charge in [-0.25, -0.2) is 0 Å². The molecule has 0 spiro atoms. The van der Waals surface area contributed by atoms with Gasteiger partial charge in [-0.3, -0.25) is 9.59 Å². The second-order valence-electron chi connectivity index (χ2n) is 10.6. The van der Waals surface area contributed by atoms with Crippen molar-refractivity contribution < 1.29 is 34.2 Å². The monoisotopic (exact) mass is 525 g/mol. The van der Waals surface area contributed by atoms with E-state index < -0.39 is 17.9 Å². The normalized spacial score (nSPS) is 11.8. The lowest BCUT2D eigenvalue weighted by molar-refractivity contribution is -0.929. The van der Waals surface area contributed by atoms with E-state index in [1.54, 1.807) is 0 Å². The molecule has 0 amide bonds. The van der Waals surface area contributed by atoms with Crippen LogP contribution >= 0.6 is 0 Å². The number of aliphatic carboxylic acids is 3. The van der Waals surface area contributed by atoms with Gasteiger partial charge in [0.2, 0.25) is 0 Å². The number of carboxylic acids is 3. The summed E-state index contributed by atoms with van der Waals surface area (Å²) in [6, 6.07) is 0. The maximum atomic E-state index is 11.0.